The monoisotopic (exact) mass is 165 g/mol. The lowest BCUT2D eigenvalue weighted by Gasteiger charge is -2.14. The number of hydrogen-bond acceptors (Lipinski definition) is 1. The van der Waals surface area contributed by atoms with Crippen LogP contribution >= 0.6 is 0 Å². The third-order valence-corrected chi connectivity index (χ3v) is 1.84. The molecule has 0 heterocycles. The van der Waals surface area contributed by atoms with Crippen LogP contribution in [0.25, 0.3) is 0 Å². The summed E-state index contributed by atoms with van der Waals surface area (Å²) < 4.78 is 0. The van der Waals surface area contributed by atoms with E-state index in [1.165, 1.54) is 5.57 Å². The number of allylic oxidation sites excluding steroid dienone is 4. The summed E-state index contributed by atoms with van der Waals surface area (Å²) in [5, 5.41) is 0. The van der Waals surface area contributed by atoms with Gasteiger partial charge in [-0.3, -0.25) is 0 Å². The average Bonchev–Trinajstić information content (AvgIpc) is 1.98. The van der Waals surface area contributed by atoms with Crippen LogP contribution in [0.15, 0.2) is 37.0 Å². The lowest BCUT2D eigenvalue weighted by atomic mass is 9.94. The second-order valence-corrected chi connectivity index (χ2v) is 3.22. The first-order valence-corrected chi connectivity index (χ1v) is 4.32. The van der Waals surface area contributed by atoms with Gasteiger partial charge in [0, 0.05) is 6.04 Å². The van der Waals surface area contributed by atoms with Crippen molar-refractivity contribution in [2.75, 3.05) is 0 Å². The summed E-state index contributed by atoms with van der Waals surface area (Å²) in [4.78, 5) is 0. The van der Waals surface area contributed by atoms with E-state index in [0.29, 0.717) is 5.92 Å². The molecule has 0 rings (SSSR count). The average molecular weight is 165 g/mol. The minimum absolute atomic E-state index is 0.244. The van der Waals surface area contributed by atoms with Gasteiger partial charge in [0.05, 0.1) is 0 Å². The fraction of sp³-hybridized carbons (Fsp3) is 0.455. The normalized spacial score (nSPS) is 16.8. The predicted octanol–water partition coefficient (Wildman–Crippen LogP) is 2.66. The Hall–Kier alpha value is -0.820. The zero-order valence-electron chi connectivity index (χ0n) is 8.09. The molecule has 0 radical (unpaired) electrons. The van der Waals surface area contributed by atoms with Gasteiger partial charge in [-0.15, -0.1) is 0 Å². The Bertz CT molecular complexity index is 177. The van der Waals surface area contributed by atoms with E-state index < -0.39 is 0 Å². The fourth-order valence-corrected chi connectivity index (χ4v) is 1.26. The lowest BCUT2D eigenvalue weighted by molar-refractivity contribution is 0.548. The molecule has 0 amide bonds. The van der Waals surface area contributed by atoms with E-state index in [1.807, 2.05) is 19.1 Å². The molecule has 0 aromatic rings. The molecule has 68 valence electrons. The van der Waals surface area contributed by atoms with E-state index in [1.54, 1.807) is 6.08 Å². The first-order valence-electron chi connectivity index (χ1n) is 4.32. The Morgan fingerprint density at radius 3 is 2.33 bits per heavy atom. The zero-order chi connectivity index (χ0) is 9.56. The summed E-state index contributed by atoms with van der Waals surface area (Å²) >= 11 is 0. The lowest BCUT2D eigenvalue weighted by Crippen LogP contribution is -2.18. The van der Waals surface area contributed by atoms with Crippen molar-refractivity contribution in [1.82, 2.24) is 0 Å². The summed E-state index contributed by atoms with van der Waals surface area (Å²) in [5.74, 6) is 0.473. The topological polar surface area (TPSA) is 26.0 Å². The molecule has 0 saturated carbocycles. The van der Waals surface area contributed by atoms with Crippen LogP contribution in [-0.2, 0) is 0 Å². The third-order valence-electron chi connectivity index (χ3n) is 1.84. The number of hydrogen-bond donors (Lipinski definition) is 1. The molecule has 12 heavy (non-hydrogen) atoms. The van der Waals surface area contributed by atoms with Crippen LogP contribution in [0.4, 0.5) is 0 Å². The summed E-state index contributed by atoms with van der Waals surface area (Å²) in [5.41, 5.74) is 6.91. The largest absolute Gasteiger partial charge is 0.328 e. The van der Waals surface area contributed by atoms with Crippen molar-refractivity contribution in [2.24, 2.45) is 11.7 Å². The highest BCUT2D eigenvalue weighted by Gasteiger charge is 2.06. The minimum atomic E-state index is 0.244. The summed E-state index contributed by atoms with van der Waals surface area (Å²) in [7, 11) is 0. The molecule has 0 aromatic carbocycles. The maximum Gasteiger partial charge on any atom is 0.00162 e. The van der Waals surface area contributed by atoms with Crippen molar-refractivity contribution < 1.29 is 0 Å². The van der Waals surface area contributed by atoms with E-state index in [4.69, 9.17) is 5.73 Å². The Kier molecular flexibility index (Phi) is 5.39. The van der Waals surface area contributed by atoms with Gasteiger partial charge >= 0.3 is 0 Å². The maximum atomic E-state index is 5.69. The number of rotatable bonds is 5. The van der Waals surface area contributed by atoms with Crippen LogP contribution in [0.1, 0.15) is 20.3 Å². The Morgan fingerprint density at radius 1 is 1.42 bits per heavy atom. The van der Waals surface area contributed by atoms with E-state index in [2.05, 4.69) is 20.1 Å². The van der Waals surface area contributed by atoms with Crippen LogP contribution in [-0.4, -0.2) is 6.04 Å². The number of nitrogens with two attached hydrogens (primary N) is 1. The summed E-state index contributed by atoms with van der Waals surface area (Å²) in [6.45, 7) is 11.6. The Labute approximate surface area is 75.7 Å². The highest BCUT2D eigenvalue weighted by molar-refractivity contribution is 5.23. The van der Waals surface area contributed by atoms with Crippen molar-refractivity contribution in [3.05, 3.63) is 37.0 Å². The molecular weight excluding hydrogens is 146 g/mol. The maximum absolute atomic E-state index is 5.69. The Balaban J connectivity index is 4.21. The fourth-order valence-electron chi connectivity index (χ4n) is 1.26. The van der Waals surface area contributed by atoms with E-state index in [9.17, 15) is 0 Å². The third kappa shape index (κ3) is 4.14. The molecule has 2 N–H and O–H groups in total. The van der Waals surface area contributed by atoms with Crippen LogP contribution in [0.5, 0.6) is 0 Å². The first kappa shape index (κ1) is 11.2. The summed E-state index contributed by atoms with van der Waals surface area (Å²) in [6, 6.07) is 0.244. The zero-order valence-corrected chi connectivity index (χ0v) is 8.09. The SMILES string of the molecule is C=C/C=C(\C=C)C(C)CC(C)N. The molecule has 0 aliphatic heterocycles. The van der Waals surface area contributed by atoms with Crippen molar-refractivity contribution >= 4 is 0 Å². The van der Waals surface area contributed by atoms with Crippen molar-refractivity contribution in [3.8, 4) is 0 Å². The second-order valence-electron chi connectivity index (χ2n) is 3.22. The molecule has 0 aliphatic rings. The van der Waals surface area contributed by atoms with E-state index in [0.717, 1.165) is 6.42 Å². The van der Waals surface area contributed by atoms with Gasteiger partial charge in [-0.2, -0.15) is 0 Å². The smallest absolute Gasteiger partial charge is 0.00162 e. The van der Waals surface area contributed by atoms with E-state index in [-0.39, 0.29) is 6.04 Å². The van der Waals surface area contributed by atoms with Gasteiger partial charge in [-0.05, 0) is 24.8 Å². The van der Waals surface area contributed by atoms with Gasteiger partial charge in [-0.25, -0.2) is 0 Å². The quantitative estimate of drug-likeness (QED) is 0.623. The molecule has 0 spiro atoms. The van der Waals surface area contributed by atoms with Crippen molar-refractivity contribution in [3.63, 3.8) is 0 Å². The standard InChI is InChI=1S/C11H19N/c1-5-7-11(6-2)9(3)8-10(4)12/h5-7,9-10H,1-2,8,12H2,3-4H3/b11-7+. The first-order chi connectivity index (χ1) is 5.61. The molecule has 0 fully saturated rings. The van der Waals surface area contributed by atoms with Crippen LogP contribution in [0.3, 0.4) is 0 Å². The van der Waals surface area contributed by atoms with Gasteiger partial charge in [0.15, 0.2) is 0 Å². The van der Waals surface area contributed by atoms with Crippen molar-refractivity contribution in [2.45, 2.75) is 26.3 Å². The molecule has 1 nitrogen and oxygen atoms in total. The molecule has 2 unspecified atom stereocenters. The highest BCUT2D eigenvalue weighted by Crippen LogP contribution is 2.16. The van der Waals surface area contributed by atoms with Crippen LogP contribution < -0.4 is 5.73 Å². The van der Waals surface area contributed by atoms with Crippen LogP contribution in [0, 0.1) is 5.92 Å². The second kappa shape index (κ2) is 5.78. The minimum Gasteiger partial charge on any atom is -0.328 e. The van der Waals surface area contributed by atoms with Gasteiger partial charge < -0.3 is 5.73 Å². The van der Waals surface area contributed by atoms with Gasteiger partial charge in [0.1, 0.15) is 0 Å². The molecular formula is C11H19N. The van der Waals surface area contributed by atoms with Gasteiger partial charge in [0.25, 0.3) is 0 Å². The van der Waals surface area contributed by atoms with E-state index >= 15 is 0 Å². The molecule has 1 heteroatoms. The van der Waals surface area contributed by atoms with Gasteiger partial charge in [0.2, 0.25) is 0 Å². The predicted molar refractivity (Wildman–Crippen MR) is 55.9 cm³/mol. The summed E-state index contributed by atoms with van der Waals surface area (Å²) in [6.07, 6.45) is 6.63. The Morgan fingerprint density at radius 2 is 2.00 bits per heavy atom. The van der Waals surface area contributed by atoms with Gasteiger partial charge in [-0.1, -0.05) is 38.3 Å². The molecule has 0 bridgehead atoms. The molecule has 0 aromatic heterocycles. The van der Waals surface area contributed by atoms with Crippen LogP contribution in [0.2, 0.25) is 0 Å². The molecule has 0 saturated heterocycles. The van der Waals surface area contributed by atoms with Crippen molar-refractivity contribution in [1.29, 1.82) is 0 Å². The molecule has 2 atom stereocenters. The molecule has 0 aliphatic carbocycles. The highest BCUT2D eigenvalue weighted by atomic mass is 14.6.